The highest BCUT2D eigenvalue weighted by atomic mass is 35.5. The minimum atomic E-state index is -3.72. The van der Waals surface area contributed by atoms with Crippen molar-refractivity contribution in [2.24, 2.45) is 0 Å². The van der Waals surface area contributed by atoms with Crippen LogP contribution in [0, 0.1) is 0 Å². The summed E-state index contributed by atoms with van der Waals surface area (Å²) in [4.78, 5) is 12.0. The second-order valence-electron chi connectivity index (χ2n) is 5.08. The topological polar surface area (TPSA) is 101 Å². The summed E-state index contributed by atoms with van der Waals surface area (Å²) in [5, 5.41) is 15.8. The van der Waals surface area contributed by atoms with E-state index in [0.29, 0.717) is 15.2 Å². The summed E-state index contributed by atoms with van der Waals surface area (Å²) in [6, 6.07) is 7.82. The third-order valence-electron chi connectivity index (χ3n) is 3.19. The summed E-state index contributed by atoms with van der Waals surface area (Å²) >= 11 is 8.60. The van der Waals surface area contributed by atoms with E-state index < -0.39 is 10.0 Å². The van der Waals surface area contributed by atoms with Crippen LogP contribution in [0.3, 0.4) is 0 Å². The smallest absolute Gasteiger partial charge is 0.240 e. The third-order valence-corrected chi connectivity index (χ3v) is 6.45. The molecule has 7 nitrogen and oxygen atoms in total. The summed E-state index contributed by atoms with van der Waals surface area (Å²) < 4.78 is 26.6. The highest BCUT2D eigenvalue weighted by molar-refractivity contribution is 7.89. The zero-order valence-corrected chi connectivity index (χ0v) is 16.4. The van der Waals surface area contributed by atoms with E-state index in [1.807, 2.05) is 16.8 Å². The molecule has 3 rings (SSSR count). The first-order valence-corrected chi connectivity index (χ1v) is 11.0. The molecule has 0 fully saturated rings. The molecular formula is C15H13ClN4O3S3. The van der Waals surface area contributed by atoms with Gasteiger partial charge >= 0.3 is 0 Å². The first kappa shape index (κ1) is 18.9. The molecular weight excluding hydrogens is 416 g/mol. The zero-order chi connectivity index (χ0) is 18.6. The van der Waals surface area contributed by atoms with Crippen LogP contribution in [0.25, 0.3) is 10.6 Å². The van der Waals surface area contributed by atoms with Crippen molar-refractivity contribution in [2.45, 2.75) is 11.3 Å². The maximum absolute atomic E-state index is 12.1. The molecule has 26 heavy (non-hydrogen) atoms. The van der Waals surface area contributed by atoms with E-state index in [4.69, 9.17) is 11.6 Å². The van der Waals surface area contributed by atoms with Gasteiger partial charge in [0.2, 0.25) is 21.1 Å². The van der Waals surface area contributed by atoms with Gasteiger partial charge in [0.15, 0.2) is 0 Å². The largest absolute Gasteiger partial charge is 0.300 e. The van der Waals surface area contributed by atoms with Crippen molar-refractivity contribution in [3.05, 3.63) is 46.1 Å². The number of amides is 1. The number of anilines is 1. The van der Waals surface area contributed by atoms with Crippen LogP contribution in [-0.2, 0) is 14.8 Å². The van der Waals surface area contributed by atoms with Gasteiger partial charge in [-0.25, -0.2) is 13.1 Å². The van der Waals surface area contributed by atoms with Crippen LogP contribution in [0.15, 0.2) is 46.0 Å². The van der Waals surface area contributed by atoms with Gasteiger partial charge in [0, 0.05) is 28.9 Å². The number of sulfonamides is 1. The van der Waals surface area contributed by atoms with Crippen molar-refractivity contribution < 1.29 is 13.2 Å². The molecule has 11 heteroatoms. The van der Waals surface area contributed by atoms with E-state index >= 15 is 0 Å². The number of benzene rings is 1. The number of carbonyl (C=O) groups is 1. The molecule has 0 aliphatic heterocycles. The van der Waals surface area contributed by atoms with Crippen molar-refractivity contribution >= 4 is 55.3 Å². The lowest BCUT2D eigenvalue weighted by atomic mass is 10.4. The second kappa shape index (κ2) is 8.23. The van der Waals surface area contributed by atoms with Crippen molar-refractivity contribution in [1.29, 1.82) is 0 Å². The number of hydrogen-bond acceptors (Lipinski definition) is 7. The Balaban J connectivity index is 1.51. The lowest BCUT2D eigenvalue weighted by Crippen LogP contribution is -2.27. The lowest BCUT2D eigenvalue weighted by Gasteiger charge is -2.06. The van der Waals surface area contributed by atoms with Crippen LogP contribution < -0.4 is 10.0 Å². The quantitative estimate of drug-likeness (QED) is 0.601. The fraction of sp³-hybridized carbons (Fsp3) is 0.133. The van der Waals surface area contributed by atoms with Crippen molar-refractivity contribution in [3.8, 4) is 10.6 Å². The molecule has 0 aliphatic carbocycles. The van der Waals surface area contributed by atoms with Gasteiger partial charge in [0.1, 0.15) is 5.01 Å². The van der Waals surface area contributed by atoms with Gasteiger partial charge in [-0.2, -0.15) is 11.3 Å². The lowest BCUT2D eigenvalue weighted by molar-refractivity contribution is -0.116. The van der Waals surface area contributed by atoms with Crippen molar-refractivity contribution in [1.82, 2.24) is 14.9 Å². The molecule has 0 spiro atoms. The molecule has 2 aromatic heterocycles. The molecule has 0 saturated carbocycles. The molecule has 0 unspecified atom stereocenters. The van der Waals surface area contributed by atoms with Crippen molar-refractivity contribution in [3.63, 3.8) is 0 Å². The van der Waals surface area contributed by atoms with Crippen LogP contribution in [0.1, 0.15) is 6.42 Å². The van der Waals surface area contributed by atoms with Crippen LogP contribution in [-0.4, -0.2) is 31.1 Å². The number of nitrogens with zero attached hydrogens (tertiary/aromatic N) is 2. The number of nitrogens with one attached hydrogen (secondary N) is 2. The van der Waals surface area contributed by atoms with E-state index in [2.05, 4.69) is 20.2 Å². The predicted molar refractivity (Wildman–Crippen MR) is 103 cm³/mol. The Morgan fingerprint density at radius 3 is 2.81 bits per heavy atom. The van der Waals surface area contributed by atoms with Gasteiger partial charge in [-0.3, -0.25) is 4.79 Å². The van der Waals surface area contributed by atoms with Gasteiger partial charge in [0.05, 0.1) is 4.90 Å². The third kappa shape index (κ3) is 4.86. The monoisotopic (exact) mass is 428 g/mol. The zero-order valence-electron chi connectivity index (χ0n) is 13.2. The number of hydrogen-bond donors (Lipinski definition) is 2. The number of halogens is 1. The number of thiophene rings is 1. The SMILES string of the molecule is O=C(CCNS(=O)(=O)c1cccc(Cl)c1)Nc1nnc(-c2ccsc2)s1. The number of aromatic nitrogens is 2. The van der Waals surface area contributed by atoms with E-state index in [9.17, 15) is 13.2 Å². The Bertz CT molecular complexity index is 1000. The van der Waals surface area contributed by atoms with Gasteiger partial charge in [-0.15, -0.1) is 10.2 Å². The molecule has 1 aromatic carbocycles. The Morgan fingerprint density at radius 1 is 1.23 bits per heavy atom. The van der Waals surface area contributed by atoms with Crippen LogP contribution >= 0.6 is 34.3 Å². The summed E-state index contributed by atoms with van der Waals surface area (Å²) in [5.74, 6) is -0.355. The maximum Gasteiger partial charge on any atom is 0.240 e. The average Bonchev–Trinajstić information content (AvgIpc) is 3.26. The fourth-order valence-electron chi connectivity index (χ4n) is 1.97. The molecule has 0 atom stereocenters. The standard InChI is InChI=1S/C15H13ClN4O3S3/c16-11-2-1-3-12(8-11)26(22,23)17-6-4-13(21)18-15-20-19-14(25-15)10-5-7-24-9-10/h1-3,5,7-9,17H,4,6H2,(H,18,20,21). The molecule has 2 heterocycles. The van der Waals surface area contributed by atoms with Gasteiger partial charge < -0.3 is 5.32 Å². The molecule has 2 N–H and O–H groups in total. The Morgan fingerprint density at radius 2 is 2.08 bits per heavy atom. The number of rotatable bonds is 7. The van der Waals surface area contributed by atoms with Gasteiger partial charge in [0.25, 0.3) is 0 Å². The maximum atomic E-state index is 12.1. The molecule has 136 valence electrons. The van der Waals surface area contributed by atoms with Gasteiger partial charge in [-0.05, 0) is 29.6 Å². The summed E-state index contributed by atoms with van der Waals surface area (Å²) in [5.41, 5.74) is 0.947. The molecule has 0 aliphatic rings. The van der Waals surface area contributed by atoms with E-state index in [0.717, 1.165) is 5.56 Å². The summed E-state index contributed by atoms with van der Waals surface area (Å²) in [7, 11) is -3.72. The van der Waals surface area contributed by atoms with E-state index in [1.165, 1.54) is 23.5 Å². The highest BCUT2D eigenvalue weighted by Crippen LogP contribution is 2.27. The fourth-order valence-corrected chi connectivity index (χ4v) is 4.78. The second-order valence-corrected chi connectivity index (χ2v) is 9.04. The minimum Gasteiger partial charge on any atom is -0.300 e. The summed E-state index contributed by atoms with van der Waals surface area (Å²) in [6.07, 6.45) is -0.0346. The average molecular weight is 429 g/mol. The molecule has 0 saturated heterocycles. The minimum absolute atomic E-state index is 0.0346. The molecule has 3 aromatic rings. The molecule has 0 bridgehead atoms. The molecule has 1 amide bonds. The van der Waals surface area contributed by atoms with Crippen LogP contribution in [0.2, 0.25) is 5.02 Å². The first-order valence-electron chi connectivity index (χ1n) is 7.35. The highest BCUT2D eigenvalue weighted by Gasteiger charge is 2.15. The van der Waals surface area contributed by atoms with E-state index in [-0.39, 0.29) is 23.8 Å². The Labute approximate surface area is 163 Å². The summed E-state index contributed by atoms with van der Waals surface area (Å²) in [6.45, 7) is -0.0448. The Kier molecular flexibility index (Phi) is 5.99. The number of carbonyl (C=O) groups excluding carboxylic acids is 1. The van der Waals surface area contributed by atoms with E-state index in [1.54, 1.807) is 23.5 Å². The predicted octanol–water partition coefficient (Wildman–Crippen LogP) is 3.23. The molecule has 0 radical (unpaired) electrons. The van der Waals surface area contributed by atoms with Crippen LogP contribution in [0.4, 0.5) is 5.13 Å². The van der Waals surface area contributed by atoms with Crippen molar-refractivity contribution in [2.75, 3.05) is 11.9 Å². The van der Waals surface area contributed by atoms with Crippen LogP contribution in [0.5, 0.6) is 0 Å². The normalized spacial score (nSPS) is 11.4. The Hall–Kier alpha value is -1.85. The first-order chi connectivity index (χ1) is 12.4. The van der Waals surface area contributed by atoms with Gasteiger partial charge in [-0.1, -0.05) is 29.0 Å².